The molecule has 29 heavy (non-hydrogen) atoms. The van der Waals surface area contributed by atoms with Gasteiger partial charge in [-0.3, -0.25) is 0 Å². The van der Waals surface area contributed by atoms with Gasteiger partial charge in [0.2, 0.25) is 0 Å². The summed E-state index contributed by atoms with van der Waals surface area (Å²) in [6, 6.07) is 27.3. The summed E-state index contributed by atoms with van der Waals surface area (Å²) in [6.45, 7) is 2.04. The number of carboxylic acids is 1. The van der Waals surface area contributed by atoms with Crippen LogP contribution in [0.15, 0.2) is 84.9 Å². The quantitative estimate of drug-likeness (QED) is 0.472. The first-order valence-electron chi connectivity index (χ1n) is 9.35. The highest BCUT2D eigenvalue weighted by Crippen LogP contribution is 2.37. The van der Waals surface area contributed by atoms with Gasteiger partial charge in [0.15, 0.2) is 0 Å². The summed E-state index contributed by atoms with van der Waals surface area (Å²) in [6.07, 6.45) is 0. The second-order valence-corrected chi connectivity index (χ2v) is 6.79. The standard InChI is InChI=1S/C25H21NO3/c1-17-21(18-9-5-3-6-10-18)16-22(19-11-7-4-8-12-19)26(17)23-15-20(25(27)28)13-14-24(23)29-2/h3-16H,1-2H3,(H,27,28). The minimum Gasteiger partial charge on any atom is -0.495 e. The van der Waals surface area contributed by atoms with Crippen LogP contribution in [-0.4, -0.2) is 22.8 Å². The SMILES string of the molecule is COc1ccc(C(=O)O)cc1-n1c(-c2ccccc2)cc(-c2ccccc2)c1C. The Morgan fingerprint density at radius 2 is 1.48 bits per heavy atom. The molecule has 0 atom stereocenters. The number of rotatable bonds is 5. The van der Waals surface area contributed by atoms with Crippen LogP contribution in [0.4, 0.5) is 0 Å². The summed E-state index contributed by atoms with van der Waals surface area (Å²) in [5.41, 5.74) is 6.14. The summed E-state index contributed by atoms with van der Waals surface area (Å²) in [5.74, 6) is -0.353. The van der Waals surface area contributed by atoms with Crippen LogP contribution in [0.1, 0.15) is 16.1 Å². The van der Waals surface area contributed by atoms with Crippen LogP contribution in [0, 0.1) is 6.92 Å². The van der Waals surface area contributed by atoms with Crippen LogP contribution in [0.25, 0.3) is 28.1 Å². The number of carboxylic acid groups (broad SMARTS) is 1. The number of hydrogen-bond acceptors (Lipinski definition) is 2. The molecule has 4 rings (SSSR count). The van der Waals surface area contributed by atoms with E-state index in [1.165, 1.54) is 0 Å². The van der Waals surface area contributed by atoms with Crippen LogP contribution < -0.4 is 4.74 Å². The van der Waals surface area contributed by atoms with Crippen molar-refractivity contribution in [2.24, 2.45) is 0 Å². The van der Waals surface area contributed by atoms with Gasteiger partial charge in [-0.15, -0.1) is 0 Å². The van der Waals surface area contributed by atoms with Crippen LogP contribution in [-0.2, 0) is 0 Å². The van der Waals surface area contributed by atoms with Crippen molar-refractivity contribution in [3.63, 3.8) is 0 Å². The molecule has 3 aromatic carbocycles. The molecule has 1 N–H and O–H groups in total. The Morgan fingerprint density at radius 3 is 2.07 bits per heavy atom. The molecule has 1 heterocycles. The zero-order valence-corrected chi connectivity index (χ0v) is 16.3. The molecule has 0 amide bonds. The fourth-order valence-corrected chi connectivity index (χ4v) is 3.65. The Balaban J connectivity index is 2.04. The number of ether oxygens (including phenoxy) is 1. The zero-order chi connectivity index (χ0) is 20.4. The van der Waals surface area contributed by atoms with Crippen LogP contribution in [0.5, 0.6) is 5.75 Å². The molecule has 4 aromatic rings. The van der Waals surface area contributed by atoms with Gasteiger partial charge in [0.25, 0.3) is 0 Å². The van der Waals surface area contributed by atoms with Gasteiger partial charge in [-0.2, -0.15) is 0 Å². The molecule has 0 spiro atoms. The fraction of sp³-hybridized carbons (Fsp3) is 0.0800. The van der Waals surface area contributed by atoms with Crippen molar-refractivity contribution in [3.8, 4) is 33.8 Å². The van der Waals surface area contributed by atoms with E-state index in [1.807, 2.05) is 55.5 Å². The first kappa shape index (κ1) is 18.6. The predicted molar refractivity (Wildman–Crippen MR) is 115 cm³/mol. The Kier molecular flexibility index (Phi) is 4.92. The Morgan fingerprint density at radius 1 is 0.862 bits per heavy atom. The lowest BCUT2D eigenvalue weighted by molar-refractivity contribution is 0.0697. The highest BCUT2D eigenvalue weighted by Gasteiger charge is 2.20. The van der Waals surface area contributed by atoms with Gasteiger partial charge in [-0.1, -0.05) is 60.7 Å². The van der Waals surface area contributed by atoms with E-state index >= 15 is 0 Å². The van der Waals surface area contributed by atoms with Gasteiger partial charge < -0.3 is 14.4 Å². The van der Waals surface area contributed by atoms with Gasteiger partial charge in [0, 0.05) is 11.3 Å². The molecule has 4 heteroatoms. The molecular formula is C25H21NO3. The van der Waals surface area contributed by atoms with Crippen molar-refractivity contribution < 1.29 is 14.6 Å². The summed E-state index contributed by atoms with van der Waals surface area (Å²) in [7, 11) is 1.60. The number of methoxy groups -OCH3 is 1. The molecule has 0 fully saturated rings. The molecule has 0 unspecified atom stereocenters. The van der Waals surface area contributed by atoms with E-state index in [4.69, 9.17) is 4.74 Å². The van der Waals surface area contributed by atoms with Gasteiger partial charge in [0.1, 0.15) is 5.75 Å². The lowest BCUT2D eigenvalue weighted by Gasteiger charge is -2.16. The van der Waals surface area contributed by atoms with Crippen LogP contribution in [0.2, 0.25) is 0 Å². The van der Waals surface area contributed by atoms with E-state index in [-0.39, 0.29) is 5.56 Å². The minimum atomic E-state index is -0.969. The molecule has 144 valence electrons. The van der Waals surface area contributed by atoms with Crippen molar-refractivity contribution in [2.75, 3.05) is 7.11 Å². The van der Waals surface area contributed by atoms with Crippen molar-refractivity contribution in [3.05, 3.63) is 96.2 Å². The highest BCUT2D eigenvalue weighted by atomic mass is 16.5. The molecule has 4 nitrogen and oxygen atoms in total. The molecule has 1 aromatic heterocycles. The molecule has 0 aliphatic heterocycles. The van der Waals surface area contributed by atoms with Crippen LogP contribution in [0.3, 0.4) is 0 Å². The number of aromatic carboxylic acids is 1. The van der Waals surface area contributed by atoms with E-state index in [2.05, 4.69) is 22.8 Å². The first-order chi connectivity index (χ1) is 14.1. The van der Waals surface area contributed by atoms with E-state index < -0.39 is 5.97 Å². The smallest absolute Gasteiger partial charge is 0.335 e. The highest BCUT2D eigenvalue weighted by molar-refractivity contribution is 5.89. The maximum absolute atomic E-state index is 11.6. The fourth-order valence-electron chi connectivity index (χ4n) is 3.65. The van der Waals surface area contributed by atoms with E-state index in [0.717, 1.165) is 28.1 Å². The van der Waals surface area contributed by atoms with Crippen molar-refractivity contribution in [1.82, 2.24) is 4.57 Å². The zero-order valence-electron chi connectivity index (χ0n) is 16.3. The molecule has 0 saturated heterocycles. The second kappa shape index (κ2) is 7.68. The third kappa shape index (κ3) is 3.41. The minimum absolute atomic E-state index is 0.217. The monoisotopic (exact) mass is 383 g/mol. The molecule has 0 radical (unpaired) electrons. The summed E-state index contributed by atoms with van der Waals surface area (Å²) < 4.78 is 7.65. The molecule has 0 aliphatic rings. The maximum atomic E-state index is 11.6. The van der Waals surface area contributed by atoms with Gasteiger partial charge in [-0.25, -0.2) is 4.79 Å². The molecule has 0 bridgehead atoms. The number of hydrogen-bond donors (Lipinski definition) is 1. The van der Waals surface area contributed by atoms with E-state index in [0.29, 0.717) is 11.4 Å². The van der Waals surface area contributed by atoms with Gasteiger partial charge in [-0.05, 0) is 42.3 Å². The molecule has 0 saturated carbocycles. The average molecular weight is 383 g/mol. The third-order valence-electron chi connectivity index (χ3n) is 5.07. The van der Waals surface area contributed by atoms with Gasteiger partial charge in [0.05, 0.1) is 24.1 Å². The lowest BCUT2D eigenvalue weighted by Crippen LogP contribution is -2.05. The summed E-state index contributed by atoms with van der Waals surface area (Å²) >= 11 is 0. The second-order valence-electron chi connectivity index (χ2n) is 6.79. The van der Waals surface area contributed by atoms with E-state index in [9.17, 15) is 9.90 Å². The van der Waals surface area contributed by atoms with Crippen LogP contribution >= 0.6 is 0 Å². The lowest BCUT2D eigenvalue weighted by atomic mass is 10.1. The van der Waals surface area contributed by atoms with Gasteiger partial charge >= 0.3 is 5.97 Å². The normalized spacial score (nSPS) is 10.7. The summed E-state index contributed by atoms with van der Waals surface area (Å²) in [5, 5.41) is 9.51. The molecule has 0 aliphatic carbocycles. The first-order valence-corrected chi connectivity index (χ1v) is 9.35. The summed E-state index contributed by atoms with van der Waals surface area (Å²) in [4.78, 5) is 11.6. The number of benzene rings is 3. The number of aromatic nitrogens is 1. The topological polar surface area (TPSA) is 51.5 Å². The van der Waals surface area contributed by atoms with E-state index in [1.54, 1.807) is 25.3 Å². The third-order valence-corrected chi connectivity index (χ3v) is 5.07. The van der Waals surface area contributed by atoms with Crippen molar-refractivity contribution in [1.29, 1.82) is 0 Å². The molecular weight excluding hydrogens is 362 g/mol. The van der Waals surface area contributed by atoms with Crippen molar-refractivity contribution in [2.45, 2.75) is 6.92 Å². The number of nitrogens with zero attached hydrogens (tertiary/aromatic N) is 1. The average Bonchev–Trinajstić information content (AvgIpc) is 3.11. The Labute approximate surface area is 169 Å². The Hall–Kier alpha value is -3.79. The number of carbonyl (C=O) groups is 1. The van der Waals surface area contributed by atoms with Crippen molar-refractivity contribution >= 4 is 5.97 Å². The largest absolute Gasteiger partial charge is 0.495 e. The maximum Gasteiger partial charge on any atom is 0.335 e. The Bertz CT molecular complexity index is 1160. The predicted octanol–water partition coefficient (Wildman–Crippen LogP) is 5.83.